The molecule has 0 saturated heterocycles. The largest absolute Gasteiger partial charge is 0.310 e. The van der Waals surface area contributed by atoms with Crippen LogP contribution in [0.5, 0.6) is 0 Å². The van der Waals surface area contributed by atoms with Gasteiger partial charge in [-0.2, -0.15) is 0 Å². The maximum Gasteiger partial charge on any atom is 0.0553 e. The zero-order valence-electron chi connectivity index (χ0n) is 31.7. The summed E-state index contributed by atoms with van der Waals surface area (Å²) in [6.07, 6.45) is 0. The van der Waals surface area contributed by atoms with E-state index in [0.717, 1.165) is 22.7 Å². The predicted octanol–water partition coefficient (Wildman–Crippen LogP) is 15.7. The van der Waals surface area contributed by atoms with Crippen molar-refractivity contribution in [1.29, 1.82) is 0 Å². The maximum absolute atomic E-state index is 2.43. The molecular formula is C56H36N2. The molecule has 0 fully saturated rings. The van der Waals surface area contributed by atoms with Gasteiger partial charge in [-0.05, 0) is 126 Å². The second-order valence-electron chi connectivity index (χ2n) is 15.3. The first-order valence-corrected chi connectivity index (χ1v) is 20.0. The minimum Gasteiger partial charge on any atom is -0.310 e. The van der Waals surface area contributed by atoms with Gasteiger partial charge in [0, 0.05) is 33.5 Å². The van der Waals surface area contributed by atoms with Crippen LogP contribution in [0.25, 0.3) is 92.5 Å². The molecule has 2 nitrogen and oxygen atoms in total. The van der Waals surface area contributed by atoms with Crippen LogP contribution < -0.4 is 4.90 Å². The molecule has 1 heterocycles. The monoisotopic (exact) mass is 736 g/mol. The molecule has 0 radical (unpaired) electrons. The fourth-order valence-corrected chi connectivity index (χ4v) is 9.47. The van der Waals surface area contributed by atoms with Gasteiger partial charge in [-0.25, -0.2) is 0 Å². The average molecular weight is 737 g/mol. The van der Waals surface area contributed by atoms with Crippen LogP contribution in [0.1, 0.15) is 0 Å². The van der Waals surface area contributed by atoms with Gasteiger partial charge in [0.05, 0.1) is 11.0 Å². The lowest BCUT2D eigenvalue weighted by Crippen LogP contribution is -2.10. The molecule has 0 spiro atoms. The maximum atomic E-state index is 2.43. The molecule has 0 saturated carbocycles. The first-order valence-electron chi connectivity index (χ1n) is 20.0. The van der Waals surface area contributed by atoms with E-state index in [0.29, 0.717) is 0 Å². The van der Waals surface area contributed by atoms with Gasteiger partial charge in [0.15, 0.2) is 0 Å². The highest BCUT2D eigenvalue weighted by Crippen LogP contribution is 2.46. The van der Waals surface area contributed by atoms with Gasteiger partial charge in [0.1, 0.15) is 0 Å². The number of rotatable bonds is 5. The molecule has 0 N–H and O–H groups in total. The number of fused-ring (bicyclic) bond motifs is 10. The molecular weight excluding hydrogens is 701 g/mol. The number of nitrogens with zero attached hydrogens (tertiary/aromatic N) is 2. The van der Waals surface area contributed by atoms with Gasteiger partial charge in [-0.3, -0.25) is 0 Å². The number of hydrogen-bond acceptors (Lipinski definition) is 1. The smallest absolute Gasteiger partial charge is 0.0553 e. The van der Waals surface area contributed by atoms with E-state index in [1.54, 1.807) is 0 Å². The molecule has 12 rings (SSSR count). The molecule has 0 aliphatic rings. The van der Waals surface area contributed by atoms with Gasteiger partial charge < -0.3 is 9.47 Å². The van der Waals surface area contributed by atoms with Crippen LogP contribution in [0.15, 0.2) is 218 Å². The molecule has 11 aromatic carbocycles. The molecule has 0 bridgehead atoms. The highest BCUT2D eigenvalue weighted by atomic mass is 15.1. The Hall–Kier alpha value is -7.68. The summed E-state index contributed by atoms with van der Waals surface area (Å²) in [5.74, 6) is 0. The third-order valence-corrected chi connectivity index (χ3v) is 12.1. The zero-order valence-corrected chi connectivity index (χ0v) is 31.7. The van der Waals surface area contributed by atoms with E-state index in [1.807, 2.05) is 0 Å². The van der Waals surface area contributed by atoms with Crippen LogP contribution in [-0.2, 0) is 0 Å². The Morgan fingerprint density at radius 2 is 0.793 bits per heavy atom. The molecule has 2 heteroatoms. The lowest BCUT2D eigenvalue weighted by atomic mass is 9.92. The van der Waals surface area contributed by atoms with Crippen molar-refractivity contribution < 1.29 is 0 Å². The Morgan fingerprint density at radius 1 is 0.293 bits per heavy atom. The zero-order chi connectivity index (χ0) is 38.2. The molecule has 0 unspecified atom stereocenters. The minimum atomic E-state index is 1.10. The topological polar surface area (TPSA) is 8.17 Å². The summed E-state index contributed by atoms with van der Waals surface area (Å²) in [5, 5.41) is 15.0. The number of aromatic nitrogens is 1. The molecule has 12 aromatic rings. The van der Waals surface area contributed by atoms with Gasteiger partial charge in [0.2, 0.25) is 0 Å². The summed E-state index contributed by atoms with van der Waals surface area (Å²) in [4.78, 5) is 2.43. The highest BCUT2D eigenvalue weighted by Gasteiger charge is 2.21. The summed E-state index contributed by atoms with van der Waals surface area (Å²) < 4.78 is 2.42. The Bertz CT molecular complexity index is 3460. The molecule has 1 aromatic heterocycles. The van der Waals surface area contributed by atoms with E-state index >= 15 is 0 Å². The molecule has 0 aliphatic heterocycles. The predicted molar refractivity (Wildman–Crippen MR) is 248 cm³/mol. The summed E-state index contributed by atoms with van der Waals surface area (Å²) in [6, 6.07) is 80.2. The van der Waals surface area contributed by atoms with Crippen molar-refractivity contribution in [3.63, 3.8) is 0 Å². The third-order valence-electron chi connectivity index (χ3n) is 12.1. The number of para-hydroxylation sites is 2. The summed E-state index contributed by atoms with van der Waals surface area (Å²) in [6.45, 7) is 0. The molecule has 270 valence electrons. The van der Waals surface area contributed by atoms with Crippen molar-refractivity contribution >= 4 is 92.7 Å². The normalized spacial score (nSPS) is 11.8. The SMILES string of the molecule is c1ccc(-n2c3ccccc3c3c(-c4cccc(N(c5ccc6c(ccc7ccccc76)c5)c5ccc6c(ccc7ccccc76)c5)c4)c4ccccc4cc32)cc1. The Balaban J connectivity index is 1.12. The van der Waals surface area contributed by atoms with E-state index in [2.05, 4.69) is 228 Å². The summed E-state index contributed by atoms with van der Waals surface area (Å²) in [5.41, 5.74) is 9.31. The van der Waals surface area contributed by atoms with Crippen molar-refractivity contribution in [3.05, 3.63) is 218 Å². The van der Waals surface area contributed by atoms with Crippen LogP contribution in [-0.4, -0.2) is 4.57 Å². The standard InChI is InChI=1S/C56H36N2/c1-2-17-43(18-3-1)58-53-24-11-10-23-52(53)56-54(58)36-39-15-6-9-22-51(39)55(56)42-16-12-19-44(35-42)57(45-29-31-49-40(33-45)27-25-37-13-4-7-20-47(37)49)46-30-32-50-41(34-46)28-26-38-14-5-8-21-48(38)50/h1-36H. The average Bonchev–Trinajstić information content (AvgIpc) is 3.62. The van der Waals surface area contributed by atoms with Crippen LogP contribution in [0.2, 0.25) is 0 Å². The first kappa shape index (κ1) is 32.6. The van der Waals surface area contributed by atoms with Crippen LogP contribution in [0, 0.1) is 0 Å². The third kappa shape index (κ3) is 5.05. The van der Waals surface area contributed by atoms with E-state index in [4.69, 9.17) is 0 Å². The van der Waals surface area contributed by atoms with Crippen molar-refractivity contribution in [2.75, 3.05) is 4.90 Å². The summed E-state index contributed by atoms with van der Waals surface area (Å²) in [7, 11) is 0. The van der Waals surface area contributed by atoms with Gasteiger partial charge in [-0.1, -0.05) is 158 Å². The van der Waals surface area contributed by atoms with Gasteiger partial charge in [0.25, 0.3) is 0 Å². The van der Waals surface area contributed by atoms with Crippen molar-refractivity contribution in [3.8, 4) is 16.8 Å². The van der Waals surface area contributed by atoms with Gasteiger partial charge >= 0.3 is 0 Å². The fourth-order valence-electron chi connectivity index (χ4n) is 9.47. The lowest BCUT2D eigenvalue weighted by Gasteiger charge is -2.27. The quantitative estimate of drug-likeness (QED) is 0.160. The van der Waals surface area contributed by atoms with Crippen LogP contribution in [0.4, 0.5) is 17.1 Å². The van der Waals surface area contributed by atoms with Crippen molar-refractivity contribution in [2.24, 2.45) is 0 Å². The molecule has 58 heavy (non-hydrogen) atoms. The number of benzene rings is 11. The Labute approximate surface area is 336 Å². The molecule has 0 aliphatic carbocycles. The highest BCUT2D eigenvalue weighted by molar-refractivity contribution is 6.23. The number of anilines is 3. The molecule has 0 amide bonds. The summed E-state index contributed by atoms with van der Waals surface area (Å²) >= 11 is 0. The fraction of sp³-hybridized carbons (Fsp3) is 0. The lowest BCUT2D eigenvalue weighted by molar-refractivity contribution is 1.18. The second kappa shape index (κ2) is 12.9. The number of hydrogen-bond donors (Lipinski definition) is 0. The van der Waals surface area contributed by atoms with Gasteiger partial charge in [-0.15, -0.1) is 0 Å². The molecule has 0 atom stereocenters. The Morgan fingerprint density at radius 3 is 1.47 bits per heavy atom. The van der Waals surface area contributed by atoms with Crippen LogP contribution in [0.3, 0.4) is 0 Å². The second-order valence-corrected chi connectivity index (χ2v) is 15.3. The van der Waals surface area contributed by atoms with Crippen molar-refractivity contribution in [1.82, 2.24) is 4.57 Å². The van der Waals surface area contributed by atoms with Crippen molar-refractivity contribution in [2.45, 2.75) is 0 Å². The van der Waals surface area contributed by atoms with E-state index in [-0.39, 0.29) is 0 Å². The van der Waals surface area contributed by atoms with E-state index in [9.17, 15) is 0 Å². The van der Waals surface area contributed by atoms with E-state index in [1.165, 1.54) is 86.8 Å². The van der Waals surface area contributed by atoms with E-state index < -0.39 is 0 Å². The van der Waals surface area contributed by atoms with Crippen LogP contribution >= 0.6 is 0 Å². The first-order chi connectivity index (χ1) is 28.8. The Kier molecular flexibility index (Phi) is 7.26. The minimum absolute atomic E-state index is 1.10.